The third kappa shape index (κ3) is 4.44. The minimum Gasteiger partial charge on any atom is -0.338 e. The number of hydrogen-bond acceptors (Lipinski definition) is 12. The molecule has 0 aliphatic heterocycles. The molecule has 0 atom stereocenters. The fraction of sp³-hybridized carbons (Fsp3) is 0.636. The van der Waals surface area contributed by atoms with Gasteiger partial charge in [0.1, 0.15) is 0 Å². The molecule has 1 aromatic rings. The highest BCUT2D eigenvalue weighted by molar-refractivity contribution is 5.71. The molecule has 136 valence electrons. The second kappa shape index (κ2) is 9.86. The van der Waals surface area contributed by atoms with E-state index in [1.165, 1.54) is 42.7 Å². The van der Waals surface area contributed by atoms with Crippen LogP contribution >= 0.6 is 0 Å². The molecular formula is C11H20N6O7. The van der Waals surface area contributed by atoms with E-state index in [0.29, 0.717) is 6.41 Å². The molecule has 1 heterocycles. The van der Waals surface area contributed by atoms with Crippen molar-refractivity contribution in [3.05, 3.63) is 0 Å². The number of hydrogen-bond donors (Lipinski definition) is 0. The summed E-state index contributed by atoms with van der Waals surface area (Å²) in [7, 11) is 8.04. The maximum absolute atomic E-state index is 11.4. The molecule has 0 bridgehead atoms. The van der Waals surface area contributed by atoms with Gasteiger partial charge in [-0.2, -0.15) is 15.0 Å². The summed E-state index contributed by atoms with van der Waals surface area (Å²) in [6.45, 7) is 0. The molecule has 0 saturated carbocycles. The van der Waals surface area contributed by atoms with Gasteiger partial charge in [0.2, 0.25) is 18.8 Å². The Bertz CT molecular complexity index is 479. The summed E-state index contributed by atoms with van der Waals surface area (Å²) in [4.78, 5) is 44.4. The van der Waals surface area contributed by atoms with Crippen LogP contribution in [0.5, 0.6) is 0 Å². The SMILES string of the molecule is COC(OC)N(C=O)c1nc(N(OC)OC)nc(N(OC)OC)n1. The molecule has 0 spiro atoms. The molecular weight excluding hydrogens is 328 g/mol. The van der Waals surface area contributed by atoms with E-state index in [9.17, 15) is 4.79 Å². The van der Waals surface area contributed by atoms with E-state index in [1.807, 2.05) is 0 Å². The number of rotatable bonds is 11. The van der Waals surface area contributed by atoms with Gasteiger partial charge in [0, 0.05) is 14.2 Å². The summed E-state index contributed by atoms with van der Waals surface area (Å²) in [5.74, 6) is -0.300. The van der Waals surface area contributed by atoms with Gasteiger partial charge in [-0.05, 0) is 0 Å². The Kier molecular flexibility index (Phi) is 8.17. The zero-order valence-electron chi connectivity index (χ0n) is 14.2. The number of aromatic nitrogens is 3. The van der Waals surface area contributed by atoms with Crippen molar-refractivity contribution in [2.75, 3.05) is 58.0 Å². The zero-order valence-corrected chi connectivity index (χ0v) is 14.2. The minimum absolute atomic E-state index is 0.0862. The molecule has 0 aromatic carbocycles. The Morgan fingerprint density at radius 2 is 1.12 bits per heavy atom. The normalized spacial score (nSPS) is 10.8. The Morgan fingerprint density at radius 1 is 0.750 bits per heavy atom. The van der Waals surface area contributed by atoms with Crippen LogP contribution in [0.2, 0.25) is 0 Å². The van der Waals surface area contributed by atoms with Gasteiger partial charge in [0.15, 0.2) is 0 Å². The Balaban J connectivity index is 3.43. The lowest BCUT2D eigenvalue weighted by Gasteiger charge is -2.25. The van der Waals surface area contributed by atoms with Gasteiger partial charge in [0.05, 0.1) is 28.4 Å². The van der Waals surface area contributed by atoms with Crippen molar-refractivity contribution in [2.45, 2.75) is 6.41 Å². The zero-order chi connectivity index (χ0) is 18.1. The minimum atomic E-state index is -1.07. The molecule has 24 heavy (non-hydrogen) atoms. The van der Waals surface area contributed by atoms with Gasteiger partial charge in [-0.3, -0.25) is 4.79 Å². The second-order valence-corrected chi connectivity index (χ2v) is 3.77. The van der Waals surface area contributed by atoms with E-state index in [0.717, 1.165) is 15.4 Å². The average molecular weight is 348 g/mol. The van der Waals surface area contributed by atoms with Crippen molar-refractivity contribution >= 4 is 24.3 Å². The molecule has 13 nitrogen and oxygen atoms in total. The van der Waals surface area contributed by atoms with Crippen molar-refractivity contribution in [3.63, 3.8) is 0 Å². The smallest absolute Gasteiger partial charge is 0.284 e. The van der Waals surface area contributed by atoms with Gasteiger partial charge >= 0.3 is 0 Å². The lowest BCUT2D eigenvalue weighted by molar-refractivity contribution is -0.126. The van der Waals surface area contributed by atoms with Crippen LogP contribution in [-0.4, -0.2) is 70.4 Å². The van der Waals surface area contributed by atoms with Crippen LogP contribution in [0.15, 0.2) is 0 Å². The number of ether oxygens (including phenoxy) is 2. The molecule has 0 aliphatic rings. The fourth-order valence-corrected chi connectivity index (χ4v) is 1.61. The highest BCUT2D eigenvalue weighted by Gasteiger charge is 2.25. The molecule has 0 radical (unpaired) electrons. The maximum atomic E-state index is 11.4. The van der Waals surface area contributed by atoms with Crippen molar-refractivity contribution in [3.8, 4) is 0 Å². The van der Waals surface area contributed by atoms with E-state index in [2.05, 4.69) is 15.0 Å². The van der Waals surface area contributed by atoms with Crippen LogP contribution in [0.4, 0.5) is 17.8 Å². The molecule has 0 fully saturated rings. The van der Waals surface area contributed by atoms with Crippen molar-refractivity contribution in [1.82, 2.24) is 15.0 Å². The number of carbonyl (C=O) groups excluding carboxylic acids is 1. The predicted octanol–water partition coefficient (Wildman–Crippen LogP) is -0.731. The third-order valence-corrected chi connectivity index (χ3v) is 2.56. The summed E-state index contributed by atoms with van der Waals surface area (Å²) in [6, 6.07) is 0. The van der Waals surface area contributed by atoms with Gasteiger partial charge in [-0.15, -0.1) is 0 Å². The third-order valence-electron chi connectivity index (χ3n) is 2.56. The van der Waals surface area contributed by atoms with E-state index in [1.54, 1.807) is 0 Å². The molecule has 1 aromatic heterocycles. The van der Waals surface area contributed by atoms with Crippen LogP contribution < -0.4 is 15.4 Å². The first kappa shape index (κ1) is 19.9. The summed E-state index contributed by atoms with van der Waals surface area (Å²) >= 11 is 0. The number of nitrogens with zero attached hydrogens (tertiary/aromatic N) is 6. The highest BCUT2D eigenvalue weighted by Crippen LogP contribution is 2.20. The Labute approximate surface area is 138 Å². The summed E-state index contributed by atoms with van der Waals surface area (Å²) in [6.07, 6.45) is -0.642. The van der Waals surface area contributed by atoms with E-state index >= 15 is 0 Å². The fourth-order valence-electron chi connectivity index (χ4n) is 1.61. The van der Waals surface area contributed by atoms with Crippen LogP contribution in [0.3, 0.4) is 0 Å². The average Bonchev–Trinajstić information content (AvgIpc) is 2.61. The summed E-state index contributed by atoms with van der Waals surface area (Å²) < 4.78 is 10.1. The quantitative estimate of drug-likeness (QED) is 0.285. The molecule has 0 N–H and O–H groups in total. The van der Waals surface area contributed by atoms with Crippen LogP contribution in [-0.2, 0) is 33.6 Å². The maximum Gasteiger partial charge on any atom is 0.284 e. The molecule has 0 saturated heterocycles. The van der Waals surface area contributed by atoms with Gasteiger partial charge < -0.3 is 9.47 Å². The topological polar surface area (TPSA) is 121 Å². The first-order valence-electron chi connectivity index (χ1n) is 6.42. The Hall–Kier alpha value is -2.16. The molecule has 0 unspecified atom stereocenters. The first-order chi connectivity index (χ1) is 11.6. The second-order valence-electron chi connectivity index (χ2n) is 3.77. The molecule has 0 aliphatic carbocycles. The molecule has 1 rings (SSSR count). The monoisotopic (exact) mass is 348 g/mol. The van der Waals surface area contributed by atoms with Gasteiger partial charge in [0.25, 0.3) is 11.9 Å². The number of carbonyl (C=O) groups is 1. The van der Waals surface area contributed by atoms with Crippen molar-refractivity contribution in [2.24, 2.45) is 0 Å². The molecule has 13 heteroatoms. The van der Waals surface area contributed by atoms with Gasteiger partial charge in [-0.1, -0.05) is 10.5 Å². The Morgan fingerprint density at radius 3 is 1.42 bits per heavy atom. The standard InChI is InChI=1S/C11H20N6O7/c1-19-11(20-2)15(7-18)8-12-9(16(21-3)22-4)14-10(13-8)17(23-5)24-6/h7,11H,1-6H3. The highest BCUT2D eigenvalue weighted by atomic mass is 16.9. The van der Waals surface area contributed by atoms with E-state index in [-0.39, 0.29) is 17.8 Å². The number of anilines is 3. The van der Waals surface area contributed by atoms with Gasteiger partial charge in [-0.25, -0.2) is 24.3 Å². The molecule has 1 amide bonds. The van der Waals surface area contributed by atoms with Crippen LogP contribution in [0, 0.1) is 0 Å². The van der Waals surface area contributed by atoms with E-state index in [4.69, 9.17) is 28.8 Å². The van der Waals surface area contributed by atoms with Crippen LogP contribution in [0.25, 0.3) is 0 Å². The lowest BCUT2D eigenvalue weighted by atomic mass is 10.7. The number of amides is 1. The summed E-state index contributed by atoms with van der Waals surface area (Å²) in [5, 5.41) is 1.77. The predicted molar refractivity (Wildman–Crippen MR) is 79.2 cm³/mol. The van der Waals surface area contributed by atoms with Crippen molar-refractivity contribution in [1.29, 1.82) is 0 Å². The first-order valence-corrected chi connectivity index (χ1v) is 6.42. The lowest BCUT2D eigenvalue weighted by Crippen LogP contribution is -2.39. The van der Waals surface area contributed by atoms with E-state index < -0.39 is 6.41 Å². The largest absolute Gasteiger partial charge is 0.338 e. The van der Waals surface area contributed by atoms with Crippen LogP contribution in [0.1, 0.15) is 0 Å². The number of methoxy groups -OCH3 is 2. The van der Waals surface area contributed by atoms with Crippen molar-refractivity contribution < 1.29 is 33.6 Å². The summed E-state index contributed by atoms with van der Waals surface area (Å²) in [5.41, 5.74) is 0.